The van der Waals surface area contributed by atoms with E-state index in [0.717, 1.165) is 5.92 Å². The fourth-order valence-corrected chi connectivity index (χ4v) is 3.28. The molecule has 2 fully saturated rings. The lowest BCUT2D eigenvalue weighted by atomic mass is 9.70. The second kappa shape index (κ2) is 1.82. The van der Waals surface area contributed by atoms with E-state index in [4.69, 9.17) is 0 Å². The van der Waals surface area contributed by atoms with E-state index in [0.29, 0.717) is 0 Å². The molecule has 1 nitrogen and oxygen atoms in total. The lowest BCUT2D eigenvalue weighted by Crippen LogP contribution is -2.39. The molecule has 3 atom stereocenters. The van der Waals surface area contributed by atoms with Crippen LogP contribution in [-0.2, 0) is 0 Å². The summed E-state index contributed by atoms with van der Waals surface area (Å²) >= 11 is 0. The molecule has 0 saturated heterocycles. The minimum absolute atomic E-state index is 0.0613. The van der Waals surface area contributed by atoms with Crippen molar-refractivity contribution in [2.24, 2.45) is 16.7 Å². The van der Waals surface area contributed by atoms with E-state index < -0.39 is 0 Å². The van der Waals surface area contributed by atoms with Crippen LogP contribution in [0.25, 0.3) is 0 Å². The third kappa shape index (κ3) is 0.752. The molecule has 2 aliphatic rings. The van der Waals surface area contributed by atoms with Crippen molar-refractivity contribution in [3.8, 4) is 0 Å². The third-order valence-corrected chi connectivity index (χ3v) is 4.19. The molecule has 0 aromatic carbocycles. The van der Waals surface area contributed by atoms with E-state index in [2.05, 4.69) is 20.8 Å². The van der Waals surface area contributed by atoms with Crippen LogP contribution in [0.2, 0.25) is 0 Å². The van der Waals surface area contributed by atoms with Gasteiger partial charge >= 0.3 is 0 Å². The summed E-state index contributed by atoms with van der Waals surface area (Å²) in [5, 5.41) is 10.0. The van der Waals surface area contributed by atoms with Crippen LogP contribution in [0.3, 0.4) is 0 Å². The molecule has 0 aromatic rings. The first-order valence-corrected chi connectivity index (χ1v) is 4.65. The van der Waals surface area contributed by atoms with Gasteiger partial charge in [-0.2, -0.15) is 0 Å². The number of rotatable bonds is 0. The van der Waals surface area contributed by atoms with Gasteiger partial charge in [-0.25, -0.2) is 0 Å². The maximum atomic E-state index is 10.0. The molecule has 2 aliphatic carbocycles. The number of hydrogen-bond acceptors (Lipinski definition) is 1. The molecule has 0 radical (unpaired) electrons. The van der Waals surface area contributed by atoms with E-state index in [1.54, 1.807) is 0 Å². The van der Waals surface area contributed by atoms with Gasteiger partial charge in [0.25, 0.3) is 0 Å². The molecule has 0 spiro atoms. The van der Waals surface area contributed by atoms with Gasteiger partial charge in [0.15, 0.2) is 0 Å². The van der Waals surface area contributed by atoms with Crippen LogP contribution in [0, 0.1) is 16.7 Å². The molecule has 2 saturated carbocycles. The number of aliphatic hydroxyl groups excluding tert-OH is 1. The van der Waals surface area contributed by atoms with Crippen LogP contribution in [0.1, 0.15) is 40.0 Å². The second-order valence-electron chi connectivity index (χ2n) is 5.32. The van der Waals surface area contributed by atoms with Gasteiger partial charge in [-0.05, 0) is 36.0 Å². The Morgan fingerprint density at radius 2 is 1.91 bits per heavy atom. The summed E-state index contributed by atoms with van der Waals surface area (Å²) < 4.78 is 0. The van der Waals surface area contributed by atoms with E-state index in [1.165, 1.54) is 19.3 Å². The van der Waals surface area contributed by atoms with E-state index in [9.17, 15) is 5.11 Å². The third-order valence-electron chi connectivity index (χ3n) is 4.19. The Kier molecular flexibility index (Phi) is 1.26. The zero-order valence-corrected chi connectivity index (χ0v) is 7.72. The smallest absolute Gasteiger partial charge is 0.0647 e. The first-order chi connectivity index (χ1) is 4.97. The van der Waals surface area contributed by atoms with Crippen molar-refractivity contribution in [1.82, 2.24) is 0 Å². The molecule has 0 aliphatic heterocycles. The van der Waals surface area contributed by atoms with Crippen LogP contribution in [0.5, 0.6) is 0 Å². The fraction of sp³-hybridized carbons (Fsp3) is 1.00. The van der Waals surface area contributed by atoms with E-state index in [-0.39, 0.29) is 16.9 Å². The standard InChI is InChI=1S/C10H18O/c1-9(2)7-4-5-10(3,6-7)8(9)11/h7-8,11H,4-6H2,1-3H3/t7?,8-,10-/m0/s1. The van der Waals surface area contributed by atoms with Crippen LogP contribution < -0.4 is 0 Å². The Morgan fingerprint density at radius 3 is 2.18 bits per heavy atom. The quantitative estimate of drug-likeness (QED) is 0.567. The summed E-state index contributed by atoms with van der Waals surface area (Å²) in [4.78, 5) is 0. The molecule has 0 amide bonds. The van der Waals surface area contributed by atoms with Gasteiger partial charge in [0.2, 0.25) is 0 Å². The summed E-state index contributed by atoms with van der Waals surface area (Å²) in [5.74, 6) is 0.780. The molecule has 11 heavy (non-hydrogen) atoms. The largest absolute Gasteiger partial charge is 0.392 e. The fourth-order valence-electron chi connectivity index (χ4n) is 3.28. The van der Waals surface area contributed by atoms with Gasteiger partial charge in [-0.1, -0.05) is 20.8 Å². The van der Waals surface area contributed by atoms with Crippen molar-refractivity contribution < 1.29 is 5.11 Å². The highest BCUT2D eigenvalue weighted by atomic mass is 16.3. The molecule has 1 N–H and O–H groups in total. The summed E-state index contributed by atoms with van der Waals surface area (Å²) in [5.41, 5.74) is 0.446. The van der Waals surface area contributed by atoms with E-state index >= 15 is 0 Å². The Morgan fingerprint density at radius 1 is 1.27 bits per heavy atom. The second-order valence-corrected chi connectivity index (χ2v) is 5.32. The van der Waals surface area contributed by atoms with Crippen molar-refractivity contribution >= 4 is 0 Å². The first kappa shape index (κ1) is 7.60. The molecule has 64 valence electrons. The van der Waals surface area contributed by atoms with Crippen LogP contribution in [-0.4, -0.2) is 11.2 Å². The van der Waals surface area contributed by atoms with Crippen LogP contribution in [0.15, 0.2) is 0 Å². The van der Waals surface area contributed by atoms with Crippen LogP contribution in [0.4, 0.5) is 0 Å². The normalized spacial score (nSPS) is 53.5. The first-order valence-electron chi connectivity index (χ1n) is 4.65. The predicted molar refractivity (Wildman–Crippen MR) is 45.2 cm³/mol. The van der Waals surface area contributed by atoms with Gasteiger partial charge in [0, 0.05) is 0 Å². The molecule has 2 bridgehead atoms. The molecule has 1 unspecified atom stereocenters. The highest BCUT2D eigenvalue weighted by molar-refractivity contribution is 5.08. The number of aliphatic hydroxyl groups is 1. The molecule has 0 aromatic heterocycles. The summed E-state index contributed by atoms with van der Waals surface area (Å²) in [6, 6.07) is 0. The van der Waals surface area contributed by atoms with Crippen molar-refractivity contribution in [1.29, 1.82) is 0 Å². The van der Waals surface area contributed by atoms with Gasteiger partial charge in [0.05, 0.1) is 6.10 Å². The predicted octanol–water partition coefficient (Wildman–Crippen LogP) is 2.19. The zero-order chi connectivity index (χ0) is 8.28. The van der Waals surface area contributed by atoms with E-state index in [1.807, 2.05) is 0 Å². The van der Waals surface area contributed by atoms with Crippen LogP contribution >= 0.6 is 0 Å². The average molecular weight is 154 g/mol. The molecule has 1 heteroatoms. The molecular weight excluding hydrogens is 136 g/mol. The Labute approximate surface area is 68.8 Å². The minimum atomic E-state index is -0.0613. The summed E-state index contributed by atoms with van der Waals surface area (Å²) in [6.45, 7) is 6.67. The van der Waals surface area contributed by atoms with Crippen molar-refractivity contribution in [2.45, 2.75) is 46.1 Å². The average Bonchev–Trinajstić information content (AvgIpc) is 2.36. The highest BCUT2D eigenvalue weighted by Crippen LogP contribution is 2.62. The Bertz CT molecular complexity index is 181. The zero-order valence-electron chi connectivity index (χ0n) is 7.72. The van der Waals surface area contributed by atoms with Crippen molar-refractivity contribution in [2.75, 3.05) is 0 Å². The van der Waals surface area contributed by atoms with Gasteiger partial charge in [0.1, 0.15) is 0 Å². The lowest BCUT2D eigenvalue weighted by molar-refractivity contribution is -0.0340. The monoisotopic (exact) mass is 154 g/mol. The van der Waals surface area contributed by atoms with Crippen molar-refractivity contribution in [3.63, 3.8) is 0 Å². The molecular formula is C10H18O. The minimum Gasteiger partial charge on any atom is -0.392 e. The Hall–Kier alpha value is -0.0400. The Balaban J connectivity index is 2.34. The topological polar surface area (TPSA) is 20.2 Å². The molecule has 0 heterocycles. The summed E-state index contributed by atoms with van der Waals surface area (Å²) in [7, 11) is 0. The maximum Gasteiger partial charge on any atom is 0.0647 e. The number of hydrogen-bond donors (Lipinski definition) is 1. The van der Waals surface area contributed by atoms with Crippen molar-refractivity contribution in [3.05, 3.63) is 0 Å². The highest BCUT2D eigenvalue weighted by Gasteiger charge is 2.58. The van der Waals surface area contributed by atoms with Gasteiger partial charge in [-0.3, -0.25) is 0 Å². The number of fused-ring (bicyclic) bond motifs is 2. The van der Waals surface area contributed by atoms with Gasteiger partial charge in [-0.15, -0.1) is 0 Å². The van der Waals surface area contributed by atoms with Gasteiger partial charge < -0.3 is 5.11 Å². The summed E-state index contributed by atoms with van der Waals surface area (Å²) in [6.07, 6.45) is 3.76. The molecule has 2 rings (SSSR count). The SMILES string of the molecule is CC1(C)C2CC[C@@](C)(C2)[C@H]1O. The maximum absolute atomic E-state index is 10.0. The lowest BCUT2D eigenvalue weighted by Gasteiger charge is -2.38.